The van der Waals surface area contributed by atoms with Gasteiger partial charge in [0.2, 0.25) is 10.0 Å². The van der Waals surface area contributed by atoms with Gasteiger partial charge in [-0.2, -0.15) is 4.31 Å². The number of carbonyl (C=O) groups is 1. The lowest BCUT2D eigenvalue weighted by molar-refractivity contribution is -0.147. The van der Waals surface area contributed by atoms with Crippen molar-refractivity contribution in [1.82, 2.24) is 4.31 Å². The minimum Gasteiger partial charge on any atom is -0.468 e. The number of aliphatic hydroxyl groups excluding tert-OH is 1. The SMILES string of the molecule is COC(=O)[C@H](CCCCO)N(COCC[Si](C)(C)C)S(=O)(=O)c1ccc(C)cc1. The first kappa shape index (κ1) is 25.8. The summed E-state index contributed by atoms with van der Waals surface area (Å²) in [6.45, 7) is 8.70. The Bertz CT molecular complexity index is 730. The second-order valence-corrected chi connectivity index (χ2v) is 15.8. The third-order valence-corrected chi connectivity index (χ3v) is 8.10. The zero-order valence-electron chi connectivity index (χ0n) is 18.2. The highest BCUT2D eigenvalue weighted by Gasteiger charge is 2.36. The van der Waals surface area contributed by atoms with Gasteiger partial charge in [-0.1, -0.05) is 37.3 Å². The van der Waals surface area contributed by atoms with Crippen molar-refractivity contribution in [3.63, 3.8) is 0 Å². The minimum atomic E-state index is -3.97. The number of hydrogen-bond acceptors (Lipinski definition) is 6. The van der Waals surface area contributed by atoms with E-state index < -0.39 is 30.1 Å². The molecule has 1 aromatic carbocycles. The van der Waals surface area contributed by atoms with Crippen LogP contribution in [-0.2, 0) is 24.3 Å². The summed E-state index contributed by atoms with van der Waals surface area (Å²) in [6.07, 6.45) is 1.21. The quantitative estimate of drug-likeness (QED) is 0.217. The summed E-state index contributed by atoms with van der Waals surface area (Å²) < 4.78 is 38.3. The predicted octanol–water partition coefficient (Wildman–Crippen LogP) is 3.00. The lowest BCUT2D eigenvalue weighted by atomic mass is 10.1. The van der Waals surface area contributed by atoms with Gasteiger partial charge in [-0.25, -0.2) is 8.42 Å². The van der Waals surface area contributed by atoms with Crippen LogP contribution in [0.1, 0.15) is 24.8 Å². The monoisotopic (exact) mass is 445 g/mol. The van der Waals surface area contributed by atoms with Crippen molar-refractivity contribution in [3.05, 3.63) is 29.8 Å². The Hall–Kier alpha value is -1.26. The first-order chi connectivity index (χ1) is 13.5. The van der Waals surface area contributed by atoms with Crippen LogP contribution in [-0.4, -0.2) is 65.0 Å². The van der Waals surface area contributed by atoms with Crippen LogP contribution in [0.15, 0.2) is 29.2 Å². The third kappa shape index (κ3) is 8.55. The number of aliphatic hydroxyl groups is 1. The van der Waals surface area contributed by atoms with E-state index in [1.165, 1.54) is 19.2 Å². The van der Waals surface area contributed by atoms with E-state index in [-0.39, 0.29) is 24.7 Å². The van der Waals surface area contributed by atoms with E-state index in [2.05, 4.69) is 19.6 Å². The molecule has 0 spiro atoms. The molecule has 1 N–H and O–H groups in total. The van der Waals surface area contributed by atoms with Gasteiger partial charge >= 0.3 is 5.97 Å². The van der Waals surface area contributed by atoms with E-state index in [4.69, 9.17) is 14.6 Å². The maximum atomic E-state index is 13.3. The molecule has 0 saturated carbocycles. The van der Waals surface area contributed by atoms with Crippen LogP contribution in [0.3, 0.4) is 0 Å². The maximum absolute atomic E-state index is 13.3. The fourth-order valence-electron chi connectivity index (χ4n) is 2.67. The van der Waals surface area contributed by atoms with Gasteiger partial charge in [-0.3, -0.25) is 4.79 Å². The molecule has 0 bridgehead atoms. The molecule has 7 nitrogen and oxygen atoms in total. The highest BCUT2D eigenvalue weighted by atomic mass is 32.2. The van der Waals surface area contributed by atoms with Crippen molar-refractivity contribution >= 4 is 24.1 Å². The Morgan fingerprint density at radius 2 is 1.79 bits per heavy atom. The molecular formula is C20H35NO6SSi. The molecule has 0 amide bonds. The van der Waals surface area contributed by atoms with Gasteiger partial charge in [0, 0.05) is 21.3 Å². The number of carbonyl (C=O) groups excluding carboxylic acids is 1. The number of benzene rings is 1. The largest absolute Gasteiger partial charge is 0.468 e. The number of hydrogen-bond donors (Lipinski definition) is 1. The number of rotatable bonds is 13. The lowest BCUT2D eigenvalue weighted by Crippen LogP contribution is -2.47. The van der Waals surface area contributed by atoms with Gasteiger partial charge in [0.05, 0.1) is 12.0 Å². The number of unbranched alkanes of at least 4 members (excludes halogenated alkanes) is 1. The smallest absolute Gasteiger partial charge is 0.324 e. The average Bonchev–Trinajstić information content (AvgIpc) is 2.65. The molecule has 0 heterocycles. The van der Waals surface area contributed by atoms with Gasteiger partial charge < -0.3 is 14.6 Å². The number of sulfonamides is 1. The molecule has 0 saturated heterocycles. The number of aryl methyl sites for hydroxylation is 1. The molecule has 0 aliphatic carbocycles. The highest BCUT2D eigenvalue weighted by molar-refractivity contribution is 7.89. The lowest BCUT2D eigenvalue weighted by Gasteiger charge is -2.29. The Balaban J connectivity index is 3.16. The molecule has 1 rings (SSSR count). The second kappa shape index (κ2) is 11.8. The normalized spacial score (nSPS) is 13.5. The standard InChI is InChI=1S/C20H35NO6SSi/c1-17-9-11-18(12-10-17)28(24,25)21(16-27-14-15-29(3,4)5)19(20(23)26-2)8-6-7-13-22/h9-12,19,22H,6-8,13-16H2,1-5H3/t19-/m0/s1. The predicted molar refractivity (Wildman–Crippen MR) is 116 cm³/mol. The third-order valence-electron chi connectivity index (χ3n) is 4.55. The van der Waals surface area contributed by atoms with Crippen LogP contribution < -0.4 is 0 Å². The summed E-state index contributed by atoms with van der Waals surface area (Å²) in [6, 6.07) is 6.37. The Morgan fingerprint density at radius 1 is 1.17 bits per heavy atom. The Labute approximate surface area is 176 Å². The van der Waals surface area contributed by atoms with Crippen molar-refractivity contribution in [2.75, 3.05) is 27.1 Å². The summed E-state index contributed by atoms with van der Waals surface area (Å²) in [5.41, 5.74) is 0.939. The van der Waals surface area contributed by atoms with Gasteiger partial charge in [0.15, 0.2) is 0 Å². The van der Waals surface area contributed by atoms with E-state index in [9.17, 15) is 13.2 Å². The minimum absolute atomic E-state index is 0.0225. The Kier molecular flexibility index (Phi) is 10.5. The molecular weight excluding hydrogens is 410 g/mol. The maximum Gasteiger partial charge on any atom is 0.324 e. The molecule has 1 aromatic rings. The van der Waals surface area contributed by atoms with Crippen LogP contribution >= 0.6 is 0 Å². The van der Waals surface area contributed by atoms with Gasteiger partial charge in [-0.15, -0.1) is 0 Å². The summed E-state index contributed by atoms with van der Waals surface area (Å²) in [5.74, 6) is -0.632. The van der Waals surface area contributed by atoms with Crippen LogP contribution in [0, 0.1) is 6.92 Å². The summed E-state index contributed by atoms with van der Waals surface area (Å²) in [5, 5.41) is 9.06. The molecule has 0 radical (unpaired) electrons. The molecule has 0 unspecified atom stereocenters. The van der Waals surface area contributed by atoms with Crippen LogP contribution in [0.4, 0.5) is 0 Å². The zero-order valence-corrected chi connectivity index (χ0v) is 20.0. The molecule has 29 heavy (non-hydrogen) atoms. The fourth-order valence-corrected chi connectivity index (χ4v) is 4.92. The van der Waals surface area contributed by atoms with Crippen LogP contribution in [0.5, 0.6) is 0 Å². The number of ether oxygens (including phenoxy) is 2. The zero-order chi connectivity index (χ0) is 22.1. The molecule has 0 aliphatic rings. The number of nitrogens with zero attached hydrogens (tertiary/aromatic N) is 1. The van der Waals surface area contributed by atoms with Crippen molar-refractivity contribution in [2.24, 2.45) is 0 Å². The fraction of sp³-hybridized carbons (Fsp3) is 0.650. The molecule has 0 fully saturated rings. The van der Waals surface area contributed by atoms with E-state index in [0.29, 0.717) is 19.4 Å². The van der Waals surface area contributed by atoms with Gasteiger partial charge in [0.1, 0.15) is 12.8 Å². The molecule has 166 valence electrons. The van der Waals surface area contributed by atoms with Crippen LogP contribution in [0.25, 0.3) is 0 Å². The van der Waals surface area contributed by atoms with Crippen molar-refractivity contribution in [1.29, 1.82) is 0 Å². The van der Waals surface area contributed by atoms with Crippen molar-refractivity contribution in [3.8, 4) is 0 Å². The molecule has 0 aromatic heterocycles. The molecule has 1 atom stereocenters. The number of methoxy groups -OCH3 is 1. The summed E-state index contributed by atoms with van der Waals surface area (Å²) >= 11 is 0. The summed E-state index contributed by atoms with van der Waals surface area (Å²) in [4.78, 5) is 12.5. The van der Waals surface area contributed by atoms with E-state index in [1.807, 2.05) is 6.92 Å². The Morgan fingerprint density at radius 3 is 2.31 bits per heavy atom. The first-order valence-corrected chi connectivity index (χ1v) is 15.0. The molecule has 0 aliphatic heterocycles. The second-order valence-electron chi connectivity index (χ2n) is 8.31. The van der Waals surface area contributed by atoms with Gasteiger partial charge in [0.25, 0.3) is 0 Å². The molecule has 9 heteroatoms. The topological polar surface area (TPSA) is 93.1 Å². The number of esters is 1. The average molecular weight is 446 g/mol. The van der Waals surface area contributed by atoms with Gasteiger partial charge in [-0.05, 0) is 44.4 Å². The summed E-state index contributed by atoms with van der Waals surface area (Å²) in [7, 11) is -4.07. The van der Waals surface area contributed by atoms with E-state index in [0.717, 1.165) is 15.9 Å². The van der Waals surface area contributed by atoms with Crippen molar-refractivity contribution in [2.45, 2.75) is 62.8 Å². The van der Waals surface area contributed by atoms with Crippen LogP contribution in [0.2, 0.25) is 25.7 Å². The van der Waals surface area contributed by atoms with Crippen molar-refractivity contribution < 1.29 is 27.8 Å². The van der Waals surface area contributed by atoms with E-state index in [1.54, 1.807) is 12.1 Å². The first-order valence-electron chi connectivity index (χ1n) is 9.88. The highest BCUT2D eigenvalue weighted by Crippen LogP contribution is 2.23. The van der Waals surface area contributed by atoms with E-state index >= 15 is 0 Å².